The maximum Gasteiger partial charge on any atom is 0.416 e. The van der Waals surface area contributed by atoms with Crippen molar-refractivity contribution >= 4 is 49.2 Å². The van der Waals surface area contributed by atoms with E-state index in [0.717, 1.165) is 6.07 Å². The van der Waals surface area contributed by atoms with Crippen molar-refractivity contribution in [2.24, 2.45) is 5.73 Å². The lowest BCUT2D eigenvalue weighted by Crippen LogP contribution is -2.48. The highest BCUT2D eigenvalue weighted by Gasteiger charge is 2.36. The Labute approximate surface area is 238 Å². The van der Waals surface area contributed by atoms with Crippen molar-refractivity contribution in [3.8, 4) is 0 Å². The van der Waals surface area contributed by atoms with Gasteiger partial charge in [0.25, 0.3) is 5.91 Å². The summed E-state index contributed by atoms with van der Waals surface area (Å²) in [4.78, 5) is 26.3. The Morgan fingerprint density at radius 1 is 1.23 bits per heavy atom. The summed E-state index contributed by atoms with van der Waals surface area (Å²) in [6.07, 6.45) is -3.36. The van der Waals surface area contributed by atoms with E-state index < -0.39 is 27.5 Å². The molecule has 0 radical (unpaired) electrons. The van der Waals surface area contributed by atoms with Gasteiger partial charge in [-0.1, -0.05) is 34.5 Å². The lowest BCUT2D eigenvalue weighted by atomic mass is 10.00. The largest absolute Gasteiger partial charge is 0.416 e. The van der Waals surface area contributed by atoms with Crippen LogP contribution in [0.2, 0.25) is 5.02 Å². The molecular weight excluding hydrogens is 625 g/mol. The summed E-state index contributed by atoms with van der Waals surface area (Å²) in [7, 11) is -3.62. The summed E-state index contributed by atoms with van der Waals surface area (Å²) in [6, 6.07) is 6.01. The van der Waals surface area contributed by atoms with E-state index in [0.29, 0.717) is 25.9 Å². The number of nitrogens with zero attached hydrogens (tertiary/aromatic N) is 1. The van der Waals surface area contributed by atoms with Crippen molar-refractivity contribution < 1.29 is 31.2 Å². The molecule has 0 unspecified atom stereocenters. The van der Waals surface area contributed by atoms with Crippen LogP contribution >= 0.6 is 27.5 Å². The molecule has 14 heteroatoms. The fourth-order valence-electron chi connectivity index (χ4n) is 4.43. The van der Waals surface area contributed by atoms with Gasteiger partial charge in [-0.05, 0) is 60.8 Å². The molecule has 2 aromatic carbocycles. The molecule has 1 fully saturated rings. The Kier molecular flexibility index (Phi) is 10.4. The molecule has 214 valence electrons. The SMILES string of the molecule is CCS(=O)(=O)c1ccc(Cl)cc1CNC(=O)c1cc(Br)c(CN2CCC[C@H](NC(=O)CN)C2)c(C(F)(F)F)c1. The lowest BCUT2D eigenvalue weighted by molar-refractivity contribution is -0.138. The smallest absolute Gasteiger partial charge is 0.351 e. The number of piperidine rings is 1. The number of halogens is 5. The minimum absolute atomic E-state index is 0.00954. The number of nitrogens with two attached hydrogens (primary N) is 1. The van der Waals surface area contributed by atoms with Crippen molar-refractivity contribution in [3.63, 3.8) is 0 Å². The molecule has 2 amide bonds. The number of likely N-dealkylation sites (tertiary alicyclic amines) is 1. The number of carbonyl (C=O) groups excluding carboxylic acids is 2. The van der Waals surface area contributed by atoms with E-state index in [1.807, 2.05) is 4.90 Å². The first-order valence-electron chi connectivity index (χ1n) is 12.2. The Morgan fingerprint density at radius 3 is 2.59 bits per heavy atom. The molecule has 1 saturated heterocycles. The van der Waals surface area contributed by atoms with Gasteiger partial charge in [-0.15, -0.1) is 0 Å². The van der Waals surface area contributed by atoms with Gasteiger partial charge in [0.05, 0.1) is 22.8 Å². The molecule has 8 nitrogen and oxygen atoms in total. The number of amides is 2. The summed E-state index contributed by atoms with van der Waals surface area (Å²) in [5.41, 5.74) is 4.33. The van der Waals surface area contributed by atoms with Gasteiger partial charge in [0, 0.05) is 40.7 Å². The Bertz CT molecular complexity index is 1340. The monoisotopic (exact) mass is 652 g/mol. The molecule has 1 aliphatic rings. The van der Waals surface area contributed by atoms with Crippen LogP contribution in [0.4, 0.5) is 13.2 Å². The second-order valence-corrected chi connectivity index (χ2v) is 12.7. The zero-order valence-corrected chi connectivity index (χ0v) is 24.2. The highest BCUT2D eigenvalue weighted by atomic mass is 79.9. The van der Waals surface area contributed by atoms with Gasteiger partial charge in [-0.3, -0.25) is 14.5 Å². The van der Waals surface area contributed by atoms with Crippen LogP contribution in [0.3, 0.4) is 0 Å². The zero-order chi connectivity index (χ0) is 29.0. The minimum Gasteiger partial charge on any atom is -0.351 e. The van der Waals surface area contributed by atoms with E-state index in [2.05, 4.69) is 26.6 Å². The normalized spacial score (nSPS) is 16.6. The average Bonchev–Trinajstić information content (AvgIpc) is 2.87. The minimum atomic E-state index is -4.74. The van der Waals surface area contributed by atoms with E-state index in [-0.39, 0.29) is 68.4 Å². The number of carbonyl (C=O) groups is 2. The summed E-state index contributed by atoms with van der Waals surface area (Å²) < 4.78 is 67.3. The molecule has 1 atom stereocenters. The second-order valence-electron chi connectivity index (χ2n) is 9.17. The topological polar surface area (TPSA) is 122 Å². The van der Waals surface area contributed by atoms with Gasteiger partial charge in [0.15, 0.2) is 9.84 Å². The first kappa shape index (κ1) is 31.3. The highest BCUT2D eigenvalue weighted by molar-refractivity contribution is 9.10. The van der Waals surface area contributed by atoms with Gasteiger partial charge < -0.3 is 16.4 Å². The number of hydrogen-bond acceptors (Lipinski definition) is 6. The van der Waals surface area contributed by atoms with Crippen LogP contribution in [0.1, 0.15) is 46.8 Å². The highest BCUT2D eigenvalue weighted by Crippen LogP contribution is 2.37. The molecule has 0 aromatic heterocycles. The number of benzene rings is 2. The van der Waals surface area contributed by atoms with E-state index in [4.69, 9.17) is 17.3 Å². The molecule has 0 saturated carbocycles. The van der Waals surface area contributed by atoms with Gasteiger partial charge in [0.1, 0.15) is 0 Å². The predicted octanol–water partition coefficient (Wildman–Crippen LogP) is 3.88. The van der Waals surface area contributed by atoms with Gasteiger partial charge in [-0.25, -0.2) is 8.42 Å². The van der Waals surface area contributed by atoms with Crippen molar-refractivity contribution in [2.75, 3.05) is 25.4 Å². The maximum atomic E-state index is 14.1. The molecule has 1 heterocycles. The summed E-state index contributed by atoms with van der Waals surface area (Å²) in [6.45, 7) is 1.91. The molecule has 3 rings (SSSR count). The average molecular weight is 654 g/mol. The van der Waals surface area contributed by atoms with E-state index in [9.17, 15) is 31.2 Å². The Morgan fingerprint density at radius 2 is 1.95 bits per heavy atom. The molecule has 2 aromatic rings. The van der Waals surface area contributed by atoms with E-state index in [1.165, 1.54) is 31.2 Å². The van der Waals surface area contributed by atoms with Crippen molar-refractivity contribution in [1.82, 2.24) is 15.5 Å². The van der Waals surface area contributed by atoms with Gasteiger partial charge in [-0.2, -0.15) is 13.2 Å². The quantitative estimate of drug-likeness (QED) is 0.378. The lowest BCUT2D eigenvalue weighted by Gasteiger charge is -2.34. The third kappa shape index (κ3) is 8.16. The third-order valence-corrected chi connectivity index (χ3v) is 9.15. The number of nitrogens with one attached hydrogen (secondary N) is 2. The van der Waals surface area contributed by atoms with Gasteiger partial charge >= 0.3 is 6.18 Å². The van der Waals surface area contributed by atoms with E-state index >= 15 is 0 Å². The molecule has 0 aliphatic carbocycles. The fourth-order valence-corrected chi connectivity index (χ4v) is 6.33. The van der Waals surface area contributed by atoms with Crippen LogP contribution in [-0.4, -0.2) is 56.6 Å². The Hall–Kier alpha value is -2.19. The predicted molar refractivity (Wildman–Crippen MR) is 145 cm³/mol. The third-order valence-electron chi connectivity index (χ3n) is 6.38. The zero-order valence-electron chi connectivity index (χ0n) is 21.1. The molecule has 4 N–H and O–H groups in total. The van der Waals surface area contributed by atoms with Crippen molar-refractivity contribution in [1.29, 1.82) is 0 Å². The van der Waals surface area contributed by atoms with Crippen LogP contribution in [-0.2, 0) is 33.9 Å². The maximum absolute atomic E-state index is 14.1. The van der Waals surface area contributed by atoms with Crippen molar-refractivity contribution in [2.45, 2.75) is 50.0 Å². The van der Waals surface area contributed by atoms with Crippen LogP contribution < -0.4 is 16.4 Å². The van der Waals surface area contributed by atoms with Crippen LogP contribution in [0.5, 0.6) is 0 Å². The Balaban J connectivity index is 1.84. The molecule has 1 aliphatic heterocycles. The first-order chi connectivity index (χ1) is 18.2. The molecule has 39 heavy (non-hydrogen) atoms. The molecule has 0 spiro atoms. The summed E-state index contributed by atoms with van der Waals surface area (Å²) >= 11 is 9.22. The summed E-state index contributed by atoms with van der Waals surface area (Å²) in [5, 5.41) is 5.53. The van der Waals surface area contributed by atoms with Crippen LogP contribution in [0, 0.1) is 0 Å². The standard InChI is InChI=1S/C25H29BrClF3N4O4S/c1-2-39(37,38)22-6-5-17(27)8-16(22)12-32-24(36)15-9-20(25(28,29)30)19(21(26)10-15)14-34-7-3-4-18(13-34)33-23(35)11-31/h5-6,8-10,18H,2-4,7,11-14,31H2,1H3,(H,32,36)(H,33,35)/t18-/m0/s1. The second kappa shape index (κ2) is 13.0. The number of hydrogen-bond donors (Lipinski definition) is 3. The van der Waals surface area contributed by atoms with E-state index in [1.54, 1.807) is 0 Å². The van der Waals surface area contributed by atoms with Crippen LogP contribution in [0.15, 0.2) is 39.7 Å². The molecular formula is C25H29BrClF3N4O4S. The van der Waals surface area contributed by atoms with Crippen LogP contribution in [0.25, 0.3) is 0 Å². The molecule has 0 bridgehead atoms. The first-order valence-corrected chi connectivity index (χ1v) is 15.0. The number of sulfone groups is 1. The number of alkyl halides is 3. The summed E-state index contributed by atoms with van der Waals surface area (Å²) in [5.74, 6) is -1.31. The number of rotatable bonds is 9. The van der Waals surface area contributed by atoms with Crippen molar-refractivity contribution in [3.05, 3.63) is 62.1 Å². The fraction of sp³-hybridized carbons (Fsp3) is 0.440. The van der Waals surface area contributed by atoms with Gasteiger partial charge in [0.2, 0.25) is 5.91 Å².